The van der Waals surface area contributed by atoms with E-state index in [1.807, 2.05) is 27.7 Å². The number of hydrogen-bond acceptors (Lipinski definition) is 3. The summed E-state index contributed by atoms with van der Waals surface area (Å²) in [5.41, 5.74) is -0.0888. The molecule has 0 rings (SSSR count). The van der Waals surface area contributed by atoms with Gasteiger partial charge in [-0.15, -0.1) is 0 Å². The number of aliphatic carboxylic acids is 1. The predicted molar refractivity (Wildman–Crippen MR) is 79.5 cm³/mol. The molecule has 0 atom stereocenters. The summed E-state index contributed by atoms with van der Waals surface area (Å²) in [5, 5.41) is 9.33. The van der Waals surface area contributed by atoms with E-state index in [-0.39, 0.29) is 11.5 Å². The highest BCUT2D eigenvalue weighted by Gasteiger charge is 2.28. The molecule has 4 heteroatoms. The smallest absolute Gasteiger partial charge is 0.335 e. The molecule has 0 unspecified atom stereocenters. The number of carbonyl (C=O) groups is 2. The Bertz CT molecular complexity index is 378. The molecule has 0 aromatic rings. The first kappa shape index (κ1) is 18.7. The van der Waals surface area contributed by atoms with Crippen LogP contribution in [0.25, 0.3) is 0 Å². The van der Waals surface area contributed by atoms with Gasteiger partial charge in [-0.2, -0.15) is 0 Å². The Morgan fingerprint density at radius 2 is 1.70 bits per heavy atom. The average Bonchev–Trinajstić information content (AvgIpc) is 2.26. The van der Waals surface area contributed by atoms with Gasteiger partial charge in [-0.3, -0.25) is 0 Å². The lowest BCUT2D eigenvalue weighted by molar-refractivity contribution is -0.153. The Balaban J connectivity index is 5.42. The second kappa shape index (κ2) is 8.08. The molecule has 0 radical (unpaired) electrons. The van der Waals surface area contributed by atoms with Crippen LogP contribution in [0.15, 0.2) is 11.1 Å². The van der Waals surface area contributed by atoms with Gasteiger partial charge in [-0.05, 0) is 32.6 Å². The van der Waals surface area contributed by atoms with Crippen molar-refractivity contribution in [2.75, 3.05) is 0 Å². The van der Waals surface area contributed by atoms with Crippen LogP contribution in [-0.4, -0.2) is 22.6 Å². The highest BCUT2D eigenvalue weighted by Crippen LogP contribution is 2.24. The van der Waals surface area contributed by atoms with Gasteiger partial charge in [0, 0.05) is 11.1 Å². The van der Waals surface area contributed by atoms with Gasteiger partial charge in [-0.1, -0.05) is 40.5 Å². The quantitative estimate of drug-likeness (QED) is 0.541. The van der Waals surface area contributed by atoms with Crippen LogP contribution in [0, 0.1) is 5.92 Å². The summed E-state index contributed by atoms with van der Waals surface area (Å²) in [4.78, 5) is 23.7. The topological polar surface area (TPSA) is 63.6 Å². The molecule has 0 amide bonds. The number of hydrogen-bond donors (Lipinski definition) is 1. The van der Waals surface area contributed by atoms with E-state index in [0.29, 0.717) is 18.4 Å². The highest BCUT2D eigenvalue weighted by atomic mass is 16.6. The average molecular weight is 284 g/mol. The largest absolute Gasteiger partial charge is 0.478 e. The maximum Gasteiger partial charge on any atom is 0.335 e. The SMILES string of the molecule is CCC/C(C(=O)OC(C)(C)CCC)=C(/C(=O)O)C(C)C. The Morgan fingerprint density at radius 1 is 1.15 bits per heavy atom. The highest BCUT2D eigenvalue weighted by molar-refractivity contribution is 6.00. The van der Waals surface area contributed by atoms with Crippen LogP contribution in [0.3, 0.4) is 0 Å². The molecule has 0 aliphatic heterocycles. The molecule has 0 aromatic heterocycles. The van der Waals surface area contributed by atoms with Crippen molar-refractivity contribution >= 4 is 11.9 Å². The fraction of sp³-hybridized carbons (Fsp3) is 0.750. The van der Waals surface area contributed by atoms with Crippen molar-refractivity contribution in [3.63, 3.8) is 0 Å². The number of ether oxygens (including phenoxy) is 1. The summed E-state index contributed by atoms with van der Waals surface area (Å²) in [6.45, 7) is 11.2. The van der Waals surface area contributed by atoms with E-state index in [4.69, 9.17) is 4.74 Å². The van der Waals surface area contributed by atoms with E-state index in [9.17, 15) is 14.7 Å². The van der Waals surface area contributed by atoms with Crippen LogP contribution in [0.1, 0.15) is 67.2 Å². The van der Waals surface area contributed by atoms with Crippen molar-refractivity contribution in [2.24, 2.45) is 5.92 Å². The number of esters is 1. The van der Waals surface area contributed by atoms with Crippen LogP contribution in [-0.2, 0) is 14.3 Å². The fourth-order valence-corrected chi connectivity index (χ4v) is 2.29. The molecule has 116 valence electrons. The molecule has 4 nitrogen and oxygen atoms in total. The first-order valence-electron chi connectivity index (χ1n) is 7.35. The molecule has 0 aliphatic rings. The first-order chi connectivity index (χ1) is 9.16. The predicted octanol–water partition coefficient (Wildman–Crippen LogP) is 3.95. The number of rotatable bonds is 8. The van der Waals surface area contributed by atoms with Crippen LogP contribution in [0.5, 0.6) is 0 Å². The third-order valence-corrected chi connectivity index (χ3v) is 3.10. The molecule has 0 heterocycles. The lowest BCUT2D eigenvalue weighted by atomic mass is 9.94. The number of carbonyl (C=O) groups excluding carboxylic acids is 1. The van der Waals surface area contributed by atoms with Crippen molar-refractivity contribution in [3.05, 3.63) is 11.1 Å². The Kier molecular flexibility index (Phi) is 7.54. The van der Waals surface area contributed by atoms with Crippen LogP contribution in [0.4, 0.5) is 0 Å². The van der Waals surface area contributed by atoms with Gasteiger partial charge in [0.1, 0.15) is 5.60 Å². The summed E-state index contributed by atoms with van der Waals surface area (Å²) >= 11 is 0. The third kappa shape index (κ3) is 5.76. The molecule has 0 fully saturated rings. The summed E-state index contributed by atoms with van der Waals surface area (Å²) in [5.74, 6) is -1.74. The van der Waals surface area contributed by atoms with Crippen molar-refractivity contribution in [1.82, 2.24) is 0 Å². The fourth-order valence-electron chi connectivity index (χ4n) is 2.29. The standard InChI is InChI=1S/C16H28O4/c1-7-9-12(13(11(3)4)14(17)18)15(19)20-16(5,6)10-8-2/h11H,7-10H2,1-6H3,(H,17,18)/b13-12-. The van der Waals surface area contributed by atoms with E-state index in [1.54, 1.807) is 13.8 Å². The molecule has 20 heavy (non-hydrogen) atoms. The summed E-state index contributed by atoms with van der Waals surface area (Å²) in [6, 6.07) is 0. The van der Waals surface area contributed by atoms with Gasteiger partial charge in [0.2, 0.25) is 0 Å². The zero-order chi connectivity index (χ0) is 15.9. The van der Waals surface area contributed by atoms with Crippen molar-refractivity contribution in [3.8, 4) is 0 Å². The minimum atomic E-state index is -1.03. The maximum absolute atomic E-state index is 12.3. The van der Waals surface area contributed by atoms with Crippen LogP contribution >= 0.6 is 0 Å². The van der Waals surface area contributed by atoms with Gasteiger partial charge >= 0.3 is 11.9 Å². The molecular weight excluding hydrogens is 256 g/mol. The molecule has 0 aliphatic carbocycles. The van der Waals surface area contributed by atoms with Gasteiger partial charge < -0.3 is 9.84 Å². The normalized spacial score (nSPS) is 13.2. The Morgan fingerprint density at radius 3 is 2.05 bits per heavy atom. The summed E-state index contributed by atoms with van der Waals surface area (Å²) in [7, 11) is 0. The zero-order valence-corrected chi connectivity index (χ0v) is 13.6. The molecule has 0 aromatic carbocycles. The molecule has 0 saturated carbocycles. The second-order valence-corrected chi connectivity index (χ2v) is 6.00. The second-order valence-electron chi connectivity index (χ2n) is 6.00. The summed E-state index contributed by atoms with van der Waals surface area (Å²) in [6.07, 6.45) is 2.80. The van der Waals surface area contributed by atoms with Gasteiger partial charge in [-0.25, -0.2) is 9.59 Å². The maximum atomic E-state index is 12.3. The first-order valence-corrected chi connectivity index (χ1v) is 7.35. The van der Waals surface area contributed by atoms with Gasteiger partial charge in [0.25, 0.3) is 0 Å². The third-order valence-electron chi connectivity index (χ3n) is 3.10. The minimum Gasteiger partial charge on any atom is -0.478 e. The van der Waals surface area contributed by atoms with Crippen molar-refractivity contribution in [2.45, 2.75) is 72.8 Å². The van der Waals surface area contributed by atoms with Crippen LogP contribution < -0.4 is 0 Å². The van der Waals surface area contributed by atoms with Gasteiger partial charge in [0.15, 0.2) is 0 Å². The lowest BCUT2D eigenvalue weighted by Crippen LogP contribution is -2.30. The minimum absolute atomic E-state index is 0.171. The van der Waals surface area contributed by atoms with E-state index >= 15 is 0 Å². The summed E-state index contributed by atoms with van der Waals surface area (Å²) < 4.78 is 5.51. The van der Waals surface area contributed by atoms with Crippen LogP contribution in [0.2, 0.25) is 0 Å². The molecule has 1 N–H and O–H groups in total. The van der Waals surface area contributed by atoms with E-state index in [0.717, 1.165) is 12.8 Å². The van der Waals surface area contributed by atoms with Gasteiger partial charge in [0.05, 0.1) is 0 Å². The zero-order valence-electron chi connectivity index (χ0n) is 13.6. The molecule has 0 bridgehead atoms. The number of carboxylic acid groups (broad SMARTS) is 1. The van der Waals surface area contributed by atoms with Crippen molar-refractivity contribution < 1.29 is 19.4 Å². The van der Waals surface area contributed by atoms with Crippen molar-refractivity contribution in [1.29, 1.82) is 0 Å². The molecular formula is C16H28O4. The Labute approximate surface area is 122 Å². The lowest BCUT2D eigenvalue weighted by Gasteiger charge is -2.26. The molecule has 0 saturated heterocycles. The monoisotopic (exact) mass is 284 g/mol. The van der Waals surface area contributed by atoms with E-state index in [2.05, 4.69) is 0 Å². The Hall–Kier alpha value is -1.32. The number of carboxylic acids is 1. The molecule has 0 spiro atoms. The van der Waals surface area contributed by atoms with E-state index in [1.165, 1.54) is 0 Å². The van der Waals surface area contributed by atoms with E-state index < -0.39 is 17.5 Å².